The molecule has 1 saturated carbocycles. The van der Waals surface area contributed by atoms with Gasteiger partial charge >= 0.3 is 5.97 Å². The third kappa shape index (κ3) is 5.60. The summed E-state index contributed by atoms with van der Waals surface area (Å²) < 4.78 is 4.75. The summed E-state index contributed by atoms with van der Waals surface area (Å²) in [6, 6.07) is -0.879. The number of carbonyl (C=O) groups is 2. The Balaban J connectivity index is 0.00000288. The van der Waals surface area contributed by atoms with Crippen molar-refractivity contribution in [2.45, 2.75) is 76.0 Å². The van der Waals surface area contributed by atoms with Crippen molar-refractivity contribution < 1.29 is 19.4 Å². The van der Waals surface area contributed by atoms with Crippen LogP contribution in [0.15, 0.2) is 0 Å². The molecule has 3 unspecified atom stereocenters. The number of methoxy groups -OCH3 is 1. The smallest absolute Gasteiger partial charge is 0.328 e. The van der Waals surface area contributed by atoms with Crippen LogP contribution in [0.2, 0.25) is 0 Å². The van der Waals surface area contributed by atoms with Gasteiger partial charge in [0.05, 0.1) is 19.6 Å². The summed E-state index contributed by atoms with van der Waals surface area (Å²) in [5.41, 5.74) is 6.10. The molecule has 0 aromatic heterocycles. The second-order valence-electron chi connectivity index (χ2n) is 6.94. The minimum atomic E-state index is -0.844. The van der Waals surface area contributed by atoms with Crippen LogP contribution in [0.3, 0.4) is 0 Å². The molecular formula is C17H31ClN2O4. The van der Waals surface area contributed by atoms with Gasteiger partial charge in [-0.05, 0) is 25.2 Å². The van der Waals surface area contributed by atoms with Crippen molar-refractivity contribution in [1.29, 1.82) is 0 Å². The molecule has 2 rings (SSSR count). The normalized spacial score (nSPS) is 24.1. The van der Waals surface area contributed by atoms with Gasteiger partial charge in [0.15, 0.2) is 0 Å². The Morgan fingerprint density at radius 1 is 1.21 bits per heavy atom. The van der Waals surface area contributed by atoms with Gasteiger partial charge in [0.2, 0.25) is 5.91 Å². The standard InChI is InChI=1S/C17H30N2O4.ClH/c1-23-17(22)14-8-5-9-19(14)16(21)11-15(20)13(18)10-12-6-3-2-4-7-12;/h12-15,20H,2-11,18H2,1H3;1H. The predicted octanol–water partition coefficient (Wildman–Crippen LogP) is 1.62. The van der Waals surface area contributed by atoms with Crippen molar-refractivity contribution in [3.63, 3.8) is 0 Å². The molecule has 6 nitrogen and oxygen atoms in total. The van der Waals surface area contributed by atoms with Crippen LogP contribution in [0.1, 0.15) is 57.8 Å². The van der Waals surface area contributed by atoms with E-state index in [0.717, 1.165) is 12.8 Å². The summed E-state index contributed by atoms with van der Waals surface area (Å²) in [7, 11) is 1.33. The Morgan fingerprint density at radius 3 is 2.50 bits per heavy atom. The number of rotatable bonds is 6. The zero-order chi connectivity index (χ0) is 16.8. The van der Waals surface area contributed by atoms with Gasteiger partial charge in [-0.3, -0.25) is 4.79 Å². The molecule has 1 heterocycles. The van der Waals surface area contributed by atoms with Crippen LogP contribution >= 0.6 is 12.4 Å². The van der Waals surface area contributed by atoms with Crippen molar-refractivity contribution in [3.05, 3.63) is 0 Å². The van der Waals surface area contributed by atoms with E-state index in [4.69, 9.17) is 10.5 Å². The van der Waals surface area contributed by atoms with Crippen LogP contribution in [0.4, 0.5) is 0 Å². The summed E-state index contributed by atoms with van der Waals surface area (Å²) in [5.74, 6) is -0.0144. The number of ether oxygens (including phenoxy) is 1. The van der Waals surface area contributed by atoms with Crippen LogP contribution in [0, 0.1) is 5.92 Å². The number of likely N-dealkylation sites (tertiary alicyclic amines) is 1. The second kappa shape index (κ2) is 10.2. The van der Waals surface area contributed by atoms with Gasteiger partial charge < -0.3 is 20.5 Å². The molecule has 1 amide bonds. The summed E-state index contributed by atoms with van der Waals surface area (Å²) in [6.45, 7) is 0.545. The van der Waals surface area contributed by atoms with Crippen molar-refractivity contribution in [2.24, 2.45) is 11.7 Å². The molecule has 2 aliphatic rings. The van der Waals surface area contributed by atoms with Crippen molar-refractivity contribution in [3.8, 4) is 0 Å². The number of carbonyl (C=O) groups excluding carboxylic acids is 2. The third-order valence-electron chi connectivity index (χ3n) is 5.25. The Morgan fingerprint density at radius 2 is 1.88 bits per heavy atom. The van der Waals surface area contributed by atoms with E-state index < -0.39 is 12.1 Å². The molecule has 0 radical (unpaired) electrons. The fourth-order valence-electron chi connectivity index (χ4n) is 3.86. The lowest BCUT2D eigenvalue weighted by Crippen LogP contribution is -2.45. The summed E-state index contributed by atoms with van der Waals surface area (Å²) in [4.78, 5) is 25.6. The predicted molar refractivity (Wildman–Crippen MR) is 93.8 cm³/mol. The highest BCUT2D eigenvalue weighted by atomic mass is 35.5. The molecule has 7 heteroatoms. The first kappa shape index (κ1) is 21.2. The van der Waals surface area contributed by atoms with Crippen LogP contribution in [-0.2, 0) is 14.3 Å². The third-order valence-corrected chi connectivity index (χ3v) is 5.25. The van der Waals surface area contributed by atoms with Gasteiger partial charge in [0.25, 0.3) is 0 Å². The number of esters is 1. The van der Waals surface area contributed by atoms with Gasteiger partial charge in [-0.15, -0.1) is 12.4 Å². The maximum absolute atomic E-state index is 12.4. The lowest BCUT2D eigenvalue weighted by atomic mass is 9.83. The Hall–Kier alpha value is -0.850. The highest BCUT2D eigenvalue weighted by Gasteiger charge is 2.36. The molecule has 0 aromatic carbocycles. The average molecular weight is 363 g/mol. The zero-order valence-corrected chi connectivity index (χ0v) is 15.3. The van der Waals surface area contributed by atoms with Crippen LogP contribution in [0.25, 0.3) is 0 Å². The summed E-state index contributed by atoms with van der Waals surface area (Å²) >= 11 is 0. The number of nitrogens with zero attached hydrogens (tertiary/aromatic N) is 1. The molecule has 24 heavy (non-hydrogen) atoms. The highest BCUT2D eigenvalue weighted by Crippen LogP contribution is 2.28. The number of nitrogens with two attached hydrogens (primary N) is 1. The topological polar surface area (TPSA) is 92.9 Å². The van der Waals surface area contributed by atoms with Gasteiger partial charge in [-0.25, -0.2) is 4.79 Å². The van der Waals surface area contributed by atoms with Gasteiger partial charge in [0.1, 0.15) is 6.04 Å². The monoisotopic (exact) mass is 362 g/mol. The van der Waals surface area contributed by atoms with Crippen LogP contribution in [0.5, 0.6) is 0 Å². The molecule has 3 N–H and O–H groups in total. The molecule has 1 aliphatic carbocycles. The highest BCUT2D eigenvalue weighted by molar-refractivity contribution is 5.85. The summed E-state index contributed by atoms with van der Waals surface area (Å²) in [6.07, 6.45) is 7.44. The number of halogens is 1. The number of hydrogen-bond donors (Lipinski definition) is 2. The van der Waals surface area contributed by atoms with E-state index in [1.165, 1.54) is 44.1 Å². The second-order valence-corrected chi connectivity index (χ2v) is 6.94. The number of amides is 1. The fraction of sp³-hybridized carbons (Fsp3) is 0.882. The zero-order valence-electron chi connectivity index (χ0n) is 14.5. The largest absolute Gasteiger partial charge is 0.467 e. The SMILES string of the molecule is COC(=O)C1CCCN1C(=O)CC(O)C(N)CC1CCCCC1.Cl. The Kier molecular flexibility index (Phi) is 9.02. The quantitative estimate of drug-likeness (QED) is 0.700. The van der Waals surface area contributed by atoms with E-state index in [9.17, 15) is 14.7 Å². The Labute approximate surface area is 150 Å². The van der Waals surface area contributed by atoms with Gasteiger partial charge in [-0.2, -0.15) is 0 Å². The number of aliphatic hydroxyl groups is 1. The molecule has 1 saturated heterocycles. The van der Waals surface area contributed by atoms with Crippen molar-refractivity contribution in [2.75, 3.05) is 13.7 Å². The van der Waals surface area contributed by atoms with E-state index >= 15 is 0 Å². The van der Waals surface area contributed by atoms with Crippen LogP contribution in [-0.4, -0.2) is 53.7 Å². The lowest BCUT2D eigenvalue weighted by Gasteiger charge is -2.28. The van der Waals surface area contributed by atoms with E-state index in [1.807, 2.05) is 0 Å². The maximum atomic E-state index is 12.4. The molecular weight excluding hydrogens is 332 g/mol. The molecule has 140 valence electrons. The number of hydrogen-bond acceptors (Lipinski definition) is 5. The minimum absolute atomic E-state index is 0. The van der Waals surface area contributed by atoms with Crippen molar-refractivity contribution >= 4 is 24.3 Å². The molecule has 0 bridgehead atoms. The number of aliphatic hydroxyl groups excluding tert-OH is 1. The minimum Gasteiger partial charge on any atom is -0.467 e. The first-order chi connectivity index (χ1) is 11.0. The van der Waals surface area contributed by atoms with Gasteiger partial charge in [0, 0.05) is 12.6 Å². The van der Waals surface area contributed by atoms with Gasteiger partial charge in [-0.1, -0.05) is 32.1 Å². The van der Waals surface area contributed by atoms with E-state index in [1.54, 1.807) is 0 Å². The molecule has 0 aromatic rings. The molecule has 2 fully saturated rings. The van der Waals surface area contributed by atoms with Crippen LogP contribution < -0.4 is 5.73 Å². The molecule has 3 atom stereocenters. The Bertz CT molecular complexity index is 415. The average Bonchev–Trinajstić information content (AvgIpc) is 3.04. The van der Waals surface area contributed by atoms with E-state index in [2.05, 4.69) is 0 Å². The van der Waals surface area contributed by atoms with E-state index in [-0.39, 0.29) is 36.7 Å². The lowest BCUT2D eigenvalue weighted by molar-refractivity contribution is -0.151. The van der Waals surface area contributed by atoms with Crippen molar-refractivity contribution in [1.82, 2.24) is 4.90 Å². The first-order valence-electron chi connectivity index (χ1n) is 8.84. The fourth-order valence-corrected chi connectivity index (χ4v) is 3.86. The maximum Gasteiger partial charge on any atom is 0.328 e. The molecule has 1 aliphatic heterocycles. The molecule has 0 spiro atoms. The summed E-state index contributed by atoms with van der Waals surface area (Å²) in [5, 5.41) is 10.3. The first-order valence-corrected chi connectivity index (χ1v) is 8.84. The van der Waals surface area contributed by atoms with E-state index in [0.29, 0.717) is 18.9 Å².